The first kappa shape index (κ1) is 19.4. The maximum atomic E-state index is 10.4. The molecule has 1 aromatic rings. The minimum Gasteiger partial charge on any atom is -0.377 e. The SMILES string of the molecule is CNC(=C[N+](=O)[O-])NCCCOCc1csc(C(C)N(C)C)c1. The lowest BCUT2D eigenvalue weighted by atomic mass is 10.2. The highest BCUT2D eigenvalue weighted by Crippen LogP contribution is 2.25. The molecule has 0 bridgehead atoms. The van der Waals surface area contributed by atoms with Crippen LogP contribution in [0.15, 0.2) is 23.5 Å². The van der Waals surface area contributed by atoms with Crippen molar-refractivity contribution < 1.29 is 9.66 Å². The first-order valence-electron chi connectivity index (χ1n) is 7.52. The fraction of sp³-hybridized carbons (Fsp3) is 0.600. The average Bonchev–Trinajstić information content (AvgIpc) is 2.96. The summed E-state index contributed by atoms with van der Waals surface area (Å²) in [4.78, 5) is 13.4. The van der Waals surface area contributed by atoms with Crippen LogP contribution in [0.4, 0.5) is 0 Å². The number of hydrogen-bond acceptors (Lipinski definition) is 7. The van der Waals surface area contributed by atoms with E-state index in [1.807, 2.05) is 0 Å². The topological polar surface area (TPSA) is 79.7 Å². The molecule has 0 fully saturated rings. The summed E-state index contributed by atoms with van der Waals surface area (Å²) < 4.78 is 5.65. The summed E-state index contributed by atoms with van der Waals surface area (Å²) in [5.41, 5.74) is 1.19. The molecule has 1 unspecified atom stereocenters. The van der Waals surface area contributed by atoms with Gasteiger partial charge < -0.3 is 20.3 Å². The summed E-state index contributed by atoms with van der Waals surface area (Å²) in [5.74, 6) is 0.398. The van der Waals surface area contributed by atoms with Crippen molar-refractivity contribution in [2.45, 2.75) is 26.0 Å². The van der Waals surface area contributed by atoms with Crippen molar-refractivity contribution in [2.24, 2.45) is 0 Å². The minimum atomic E-state index is -0.488. The van der Waals surface area contributed by atoms with Crippen molar-refractivity contribution in [3.05, 3.63) is 44.0 Å². The Balaban J connectivity index is 2.22. The number of ether oxygens (including phenoxy) is 1. The molecule has 1 aromatic heterocycles. The fourth-order valence-electron chi connectivity index (χ4n) is 1.84. The lowest BCUT2D eigenvalue weighted by molar-refractivity contribution is -0.404. The Morgan fingerprint density at radius 3 is 2.91 bits per heavy atom. The number of nitrogens with zero attached hydrogens (tertiary/aromatic N) is 2. The number of hydrogen-bond donors (Lipinski definition) is 2. The minimum absolute atomic E-state index is 0.398. The van der Waals surface area contributed by atoms with Crippen molar-refractivity contribution in [3.8, 4) is 0 Å². The third-order valence-electron chi connectivity index (χ3n) is 3.41. The van der Waals surface area contributed by atoms with E-state index in [9.17, 15) is 10.1 Å². The predicted octanol–water partition coefficient (Wildman–Crippen LogP) is 2.16. The maximum absolute atomic E-state index is 10.4. The van der Waals surface area contributed by atoms with Gasteiger partial charge in [0.25, 0.3) is 6.20 Å². The van der Waals surface area contributed by atoms with Gasteiger partial charge in [0.15, 0.2) is 5.82 Å². The molecule has 0 saturated carbocycles. The maximum Gasteiger partial charge on any atom is 0.274 e. The molecule has 1 rings (SSSR count). The van der Waals surface area contributed by atoms with E-state index in [1.54, 1.807) is 18.4 Å². The van der Waals surface area contributed by atoms with Crippen molar-refractivity contribution in [3.63, 3.8) is 0 Å². The molecule has 0 aliphatic carbocycles. The van der Waals surface area contributed by atoms with Gasteiger partial charge in [-0.1, -0.05) is 0 Å². The van der Waals surface area contributed by atoms with Crippen molar-refractivity contribution in [1.82, 2.24) is 15.5 Å². The summed E-state index contributed by atoms with van der Waals surface area (Å²) >= 11 is 1.75. The van der Waals surface area contributed by atoms with Gasteiger partial charge in [-0.3, -0.25) is 10.1 Å². The van der Waals surface area contributed by atoms with Gasteiger partial charge in [0.1, 0.15) is 0 Å². The van der Waals surface area contributed by atoms with Crippen LogP contribution in [-0.4, -0.2) is 44.1 Å². The Labute approximate surface area is 141 Å². The first-order chi connectivity index (χ1) is 10.9. The average molecular weight is 342 g/mol. The highest BCUT2D eigenvalue weighted by Gasteiger charge is 2.10. The van der Waals surface area contributed by atoms with Gasteiger partial charge in [-0.15, -0.1) is 11.3 Å². The standard InChI is InChI=1S/C15H26N4O3S/c1-12(18(3)4)14-8-13(11-23-14)10-22-7-5-6-17-15(16-2)9-19(20)21/h8-9,11-12,16-17H,5-7,10H2,1-4H3. The Morgan fingerprint density at radius 2 is 2.30 bits per heavy atom. The number of rotatable bonds is 11. The van der Waals surface area contributed by atoms with Crippen LogP contribution < -0.4 is 10.6 Å². The van der Waals surface area contributed by atoms with Gasteiger partial charge in [-0.05, 0) is 44.4 Å². The molecular weight excluding hydrogens is 316 g/mol. The molecule has 0 aromatic carbocycles. The van der Waals surface area contributed by atoms with E-state index in [0.29, 0.717) is 31.6 Å². The molecule has 0 amide bonds. The Bertz CT molecular complexity index is 517. The van der Waals surface area contributed by atoms with Gasteiger partial charge in [0.05, 0.1) is 11.5 Å². The van der Waals surface area contributed by atoms with Crippen LogP contribution in [0.25, 0.3) is 0 Å². The van der Waals surface area contributed by atoms with Crippen LogP contribution >= 0.6 is 11.3 Å². The third-order valence-corrected chi connectivity index (χ3v) is 4.57. The van der Waals surface area contributed by atoms with Gasteiger partial charge in [0, 0.05) is 31.1 Å². The molecule has 0 spiro atoms. The van der Waals surface area contributed by atoms with Crippen LogP contribution in [-0.2, 0) is 11.3 Å². The number of nitro groups is 1. The molecular formula is C15H26N4O3S. The normalized spacial score (nSPS) is 13.2. The van der Waals surface area contributed by atoms with E-state index in [0.717, 1.165) is 12.6 Å². The van der Waals surface area contributed by atoms with Crippen LogP contribution in [0, 0.1) is 10.1 Å². The van der Waals surface area contributed by atoms with Crippen LogP contribution in [0.5, 0.6) is 0 Å². The Kier molecular flexibility index (Phi) is 8.60. The molecule has 0 saturated heterocycles. The summed E-state index contributed by atoms with van der Waals surface area (Å²) in [7, 11) is 5.78. The lowest BCUT2D eigenvalue weighted by Crippen LogP contribution is -2.26. The van der Waals surface area contributed by atoms with Crippen molar-refractivity contribution in [2.75, 3.05) is 34.3 Å². The van der Waals surface area contributed by atoms with Crippen LogP contribution in [0.1, 0.15) is 29.8 Å². The second-order valence-electron chi connectivity index (χ2n) is 5.41. The molecule has 1 heterocycles. The van der Waals surface area contributed by atoms with E-state index in [4.69, 9.17) is 4.74 Å². The Morgan fingerprint density at radius 1 is 1.57 bits per heavy atom. The molecule has 0 aliphatic rings. The molecule has 8 heteroatoms. The molecule has 0 aliphatic heterocycles. The van der Waals surface area contributed by atoms with Gasteiger partial charge in [-0.25, -0.2) is 0 Å². The fourth-order valence-corrected chi connectivity index (χ4v) is 2.89. The predicted molar refractivity (Wildman–Crippen MR) is 92.8 cm³/mol. The zero-order chi connectivity index (χ0) is 17.2. The monoisotopic (exact) mass is 342 g/mol. The second kappa shape index (κ2) is 10.2. The lowest BCUT2D eigenvalue weighted by Gasteiger charge is -2.17. The molecule has 130 valence electrons. The molecule has 23 heavy (non-hydrogen) atoms. The number of thiophene rings is 1. The van der Waals surface area contributed by atoms with E-state index in [1.165, 1.54) is 10.4 Å². The molecule has 0 radical (unpaired) electrons. The van der Waals surface area contributed by atoms with E-state index in [2.05, 4.69) is 48.0 Å². The highest BCUT2D eigenvalue weighted by atomic mass is 32.1. The van der Waals surface area contributed by atoms with Crippen LogP contribution in [0.2, 0.25) is 0 Å². The summed E-state index contributed by atoms with van der Waals surface area (Å²) in [6.45, 7) is 4.00. The summed E-state index contributed by atoms with van der Waals surface area (Å²) in [5, 5.41) is 18.2. The summed E-state index contributed by atoms with van der Waals surface area (Å²) in [6, 6.07) is 2.60. The highest BCUT2D eigenvalue weighted by molar-refractivity contribution is 7.10. The van der Waals surface area contributed by atoms with E-state index >= 15 is 0 Å². The first-order valence-corrected chi connectivity index (χ1v) is 8.40. The second-order valence-corrected chi connectivity index (χ2v) is 6.35. The molecule has 7 nitrogen and oxygen atoms in total. The zero-order valence-electron chi connectivity index (χ0n) is 14.2. The van der Waals surface area contributed by atoms with E-state index in [-0.39, 0.29) is 0 Å². The van der Waals surface area contributed by atoms with Gasteiger partial charge in [0.2, 0.25) is 0 Å². The van der Waals surface area contributed by atoms with Gasteiger partial charge in [-0.2, -0.15) is 0 Å². The third kappa shape index (κ3) is 7.45. The quantitative estimate of drug-likeness (QED) is 0.364. The molecule has 2 N–H and O–H groups in total. The zero-order valence-corrected chi connectivity index (χ0v) is 15.0. The van der Waals surface area contributed by atoms with Gasteiger partial charge >= 0.3 is 0 Å². The van der Waals surface area contributed by atoms with Crippen molar-refractivity contribution in [1.29, 1.82) is 0 Å². The molecule has 1 atom stereocenters. The van der Waals surface area contributed by atoms with Crippen molar-refractivity contribution >= 4 is 11.3 Å². The smallest absolute Gasteiger partial charge is 0.274 e. The Hall–Kier alpha value is -1.64. The largest absolute Gasteiger partial charge is 0.377 e. The number of nitrogens with one attached hydrogen (secondary N) is 2. The van der Waals surface area contributed by atoms with Crippen LogP contribution in [0.3, 0.4) is 0 Å². The summed E-state index contributed by atoms with van der Waals surface area (Å²) in [6.07, 6.45) is 1.70. The van der Waals surface area contributed by atoms with E-state index < -0.39 is 4.92 Å².